The summed E-state index contributed by atoms with van der Waals surface area (Å²) in [5.74, 6) is -0.0372. The molecule has 0 atom stereocenters. The number of fused-ring (bicyclic) bond motifs is 1. The number of aryl methyl sites for hydroxylation is 3. The summed E-state index contributed by atoms with van der Waals surface area (Å²) in [7, 11) is 0. The summed E-state index contributed by atoms with van der Waals surface area (Å²) in [6, 6.07) is 9.63. The van der Waals surface area contributed by atoms with E-state index in [1.807, 2.05) is 31.2 Å². The Bertz CT molecular complexity index is 778. The number of carbonyl (C=O) groups excluding carboxylic acids is 1. The summed E-state index contributed by atoms with van der Waals surface area (Å²) in [4.78, 5) is 24.1. The highest BCUT2D eigenvalue weighted by Gasteiger charge is 2.13. The number of carbonyl (C=O) groups is 1. The van der Waals surface area contributed by atoms with Crippen molar-refractivity contribution in [1.29, 1.82) is 0 Å². The molecule has 1 heterocycles. The van der Waals surface area contributed by atoms with Crippen molar-refractivity contribution in [2.24, 2.45) is 0 Å². The molecule has 2 aromatic rings. The molecule has 1 aromatic carbocycles. The highest BCUT2D eigenvalue weighted by atomic mass is 16.1. The van der Waals surface area contributed by atoms with Crippen molar-refractivity contribution >= 4 is 5.91 Å². The zero-order valence-corrected chi connectivity index (χ0v) is 14.0. The molecule has 0 fully saturated rings. The minimum absolute atomic E-state index is 0.0372. The van der Waals surface area contributed by atoms with Crippen molar-refractivity contribution in [3.63, 3.8) is 0 Å². The van der Waals surface area contributed by atoms with Crippen molar-refractivity contribution in [2.45, 2.75) is 45.6 Å². The third-order valence-corrected chi connectivity index (χ3v) is 4.40. The maximum Gasteiger partial charge on any atom is 0.267 e. The lowest BCUT2D eigenvalue weighted by Crippen LogP contribution is -2.33. The molecule has 3 rings (SSSR count). The van der Waals surface area contributed by atoms with Gasteiger partial charge in [-0.3, -0.25) is 9.59 Å². The lowest BCUT2D eigenvalue weighted by molar-refractivity contribution is -0.120. The van der Waals surface area contributed by atoms with E-state index in [-0.39, 0.29) is 11.5 Å². The van der Waals surface area contributed by atoms with Crippen LogP contribution in [-0.2, 0) is 30.6 Å². The Kier molecular flexibility index (Phi) is 5.08. The lowest BCUT2D eigenvalue weighted by atomic mass is 9.97. The SMILES string of the molecule is Cc1ccc(CC(=O)NCCn2nc3c(cc2=O)CCCC3)cc1. The molecule has 1 aliphatic carbocycles. The second-order valence-corrected chi connectivity index (χ2v) is 6.40. The zero-order chi connectivity index (χ0) is 16.9. The molecular formula is C19H23N3O2. The standard InChI is InChI=1S/C19H23N3O2/c1-14-6-8-15(9-7-14)12-18(23)20-10-11-22-19(24)13-16-4-2-3-5-17(16)21-22/h6-9,13H,2-5,10-12H2,1H3,(H,20,23). The molecule has 0 aliphatic heterocycles. The van der Waals surface area contributed by atoms with E-state index in [2.05, 4.69) is 10.4 Å². The molecule has 1 aromatic heterocycles. The van der Waals surface area contributed by atoms with Gasteiger partial charge in [-0.25, -0.2) is 4.68 Å². The number of amides is 1. The minimum Gasteiger partial charge on any atom is -0.354 e. The molecule has 24 heavy (non-hydrogen) atoms. The van der Waals surface area contributed by atoms with Crippen molar-refractivity contribution in [2.75, 3.05) is 6.54 Å². The molecule has 126 valence electrons. The number of hydrogen-bond acceptors (Lipinski definition) is 3. The van der Waals surface area contributed by atoms with Gasteiger partial charge in [-0.05, 0) is 43.7 Å². The van der Waals surface area contributed by atoms with Crippen molar-refractivity contribution in [1.82, 2.24) is 15.1 Å². The molecule has 0 saturated heterocycles. The van der Waals surface area contributed by atoms with E-state index < -0.39 is 0 Å². The Hall–Kier alpha value is -2.43. The molecule has 5 heteroatoms. The molecular weight excluding hydrogens is 302 g/mol. The molecule has 1 aliphatic rings. The van der Waals surface area contributed by atoms with E-state index in [0.717, 1.165) is 42.5 Å². The molecule has 0 spiro atoms. The number of rotatable bonds is 5. The normalized spacial score (nSPS) is 13.4. The Morgan fingerprint density at radius 2 is 1.96 bits per heavy atom. The minimum atomic E-state index is -0.0802. The number of hydrogen-bond donors (Lipinski definition) is 1. The van der Waals surface area contributed by atoms with Gasteiger partial charge in [0.15, 0.2) is 0 Å². The Labute approximate surface area is 141 Å². The van der Waals surface area contributed by atoms with Crippen LogP contribution >= 0.6 is 0 Å². The van der Waals surface area contributed by atoms with Crippen LogP contribution in [0.15, 0.2) is 35.1 Å². The van der Waals surface area contributed by atoms with Crippen LogP contribution in [0.2, 0.25) is 0 Å². The molecule has 5 nitrogen and oxygen atoms in total. The summed E-state index contributed by atoms with van der Waals surface area (Å²) < 4.78 is 1.47. The highest BCUT2D eigenvalue weighted by molar-refractivity contribution is 5.78. The second-order valence-electron chi connectivity index (χ2n) is 6.40. The summed E-state index contributed by atoms with van der Waals surface area (Å²) in [6.45, 7) is 2.84. The average molecular weight is 325 g/mol. The van der Waals surface area contributed by atoms with Gasteiger partial charge in [0.25, 0.3) is 5.56 Å². The molecule has 1 N–H and O–H groups in total. The van der Waals surface area contributed by atoms with E-state index in [9.17, 15) is 9.59 Å². The number of nitrogens with one attached hydrogen (secondary N) is 1. The lowest BCUT2D eigenvalue weighted by Gasteiger charge is -2.16. The molecule has 0 unspecified atom stereocenters. The Balaban J connectivity index is 1.53. The number of aromatic nitrogens is 2. The fraction of sp³-hybridized carbons (Fsp3) is 0.421. The van der Waals surface area contributed by atoms with Crippen molar-refractivity contribution < 1.29 is 4.79 Å². The maximum atomic E-state index is 12.1. The van der Waals surface area contributed by atoms with Gasteiger partial charge in [-0.15, -0.1) is 0 Å². The summed E-state index contributed by atoms with van der Waals surface area (Å²) in [6.07, 6.45) is 4.51. The van der Waals surface area contributed by atoms with Gasteiger partial charge in [-0.2, -0.15) is 5.10 Å². The fourth-order valence-electron chi connectivity index (χ4n) is 3.02. The quantitative estimate of drug-likeness (QED) is 0.911. The van der Waals surface area contributed by atoms with E-state index in [1.54, 1.807) is 6.07 Å². The third-order valence-electron chi connectivity index (χ3n) is 4.40. The van der Waals surface area contributed by atoms with E-state index in [0.29, 0.717) is 19.5 Å². The smallest absolute Gasteiger partial charge is 0.267 e. The van der Waals surface area contributed by atoms with Crippen LogP contribution in [0, 0.1) is 6.92 Å². The van der Waals surface area contributed by atoms with Crippen LogP contribution in [0.5, 0.6) is 0 Å². The van der Waals surface area contributed by atoms with Gasteiger partial charge >= 0.3 is 0 Å². The largest absolute Gasteiger partial charge is 0.354 e. The highest BCUT2D eigenvalue weighted by Crippen LogP contribution is 2.16. The van der Waals surface area contributed by atoms with Crippen molar-refractivity contribution in [3.05, 3.63) is 63.1 Å². The van der Waals surface area contributed by atoms with Crippen LogP contribution in [0.1, 0.15) is 35.2 Å². The van der Waals surface area contributed by atoms with Gasteiger partial charge < -0.3 is 5.32 Å². The second kappa shape index (κ2) is 7.43. The van der Waals surface area contributed by atoms with E-state index in [4.69, 9.17) is 0 Å². The van der Waals surface area contributed by atoms with E-state index >= 15 is 0 Å². The summed E-state index contributed by atoms with van der Waals surface area (Å²) in [5, 5.41) is 7.32. The van der Waals surface area contributed by atoms with Gasteiger partial charge in [0.05, 0.1) is 18.7 Å². The monoisotopic (exact) mass is 325 g/mol. The predicted octanol–water partition coefficient (Wildman–Crippen LogP) is 1.79. The topological polar surface area (TPSA) is 64.0 Å². The van der Waals surface area contributed by atoms with Crippen LogP contribution in [0.4, 0.5) is 0 Å². The van der Waals surface area contributed by atoms with Crippen LogP contribution in [0.25, 0.3) is 0 Å². The van der Waals surface area contributed by atoms with Crippen LogP contribution in [-0.4, -0.2) is 22.2 Å². The van der Waals surface area contributed by atoms with Crippen LogP contribution in [0.3, 0.4) is 0 Å². The first kappa shape index (κ1) is 16.4. The van der Waals surface area contributed by atoms with Gasteiger partial charge in [-0.1, -0.05) is 29.8 Å². The molecule has 0 radical (unpaired) electrons. The van der Waals surface area contributed by atoms with E-state index in [1.165, 1.54) is 10.2 Å². The summed E-state index contributed by atoms with van der Waals surface area (Å²) in [5.41, 5.74) is 4.21. The first-order chi connectivity index (χ1) is 11.6. The Morgan fingerprint density at radius 3 is 2.75 bits per heavy atom. The predicted molar refractivity (Wildman–Crippen MR) is 93.0 cm³/mol. The van der Waals surface area contributed by atoms with Crippen molar-refractivity contribution in [3.8, 4) is 0 Å². The fourth-order valence-corrected chi connectivity index (χ4v) is 3.02. The first-order valence-corrected chi connectivity index (χ1v) is 8.54. The average Bonchev–Trinajstić information content (AvgIpc) is 2.57. The Morgan fingerprint density at radius 1 is 1.21 bits per heavy atom. The van der Waals surface area contributed by atoms with Gasteiger partial charge in [0.2, 0.25) is 5.91 Å². The zero-order valence-electron chi connectivity index (χ0n) is 14.0. The summed E-state index contributed by atoms with van der Waals surface area (Å²) >= 11 is 0. The maximum absolute atomic E-state index is 12.1. The van der Waals surface area contributed by atoms with Gasteiger partial charge in [0, 0.05) is 12.6 Å². The first-order valence-electron chi connectivity index (χ1n) is 8.54. The molecule has 1 amide bonds. The van der Waals surface area contributed by atoms with Crippen LogP contribution < -0.4 is 10.9 Å². The molecule has 0 bridgehead atoms. The third kappa shape index (κ3) is 4.10. The number of benzene rings is 1. The van der Waals surface area contributed by atoms with Gasteiger partial charge in [0.1, 0.15) is 0 Å². The molecule has 0 saturated carbocycles. The number of nitrogens with zero attached hydrogens (tertiary/aromatic N) is 2.